The molecule has 0 unspecified atom stereocenters. The fourth-order valence-corrected chi connectivity index (χ4v) is 1.16. The van der Waals surface area contributed by atoms with Crippen molar-refractivity contribution in [2.75, 3.05) is 13.2 Å². The maximum atomic E-state index is 11.0. The number of esters is 1. The van der Waals surface area contributed by atoms with E-state index in [1.165, 1.54) is 0 Å². The van der Waals surface area contributed by atoms with Crippen molar-refractivity contribution in [3.05, 3.63) is 30.3 Å². The number of hydrogen-bond donors (Lipinski definition) is 0. The summed E-state index contributed by atoms with van der Waals surface area (Å²) in [5.41, 5.74) is 0. The Morgan fingerprint density at radius 3 is 2.67 bits per heavy atom. The van der Waals surface area contributed by atoms with Crippen molar-refractivity contribution in [2.45, 2.75) is 19.8 Å². The van der Waals surface area contributed by atoms with Crippen LogP contribution in [0.25, 0.3) is 0 Å². The van der Waals surface area contributed by atoms with E-state index in [4.69, 9.17) is 9.47 Å². The van der Waals surface area contributed by atoms with E-state index in [2.05, 4.69) is 0 Å². The van der Waals surface area contributed by atoms with Gasteiger partial charge >= 0.3 is 5.97 Å². The first kappa shape index (κ1) is 11.6. The van der Waals surface area contributed by atoms with Crippen molar-refractivity contribution in [1.29, 1.82) is 0 Å². The van der Waals surface area contributed by atoms with E-state index in [1.807, 2.05) is 30.3 Å². The van der Waals surface area contributed by atoms with Crippen LogP contribution in [-0.4, -0.2) is 19.2 Å². The van der Waals surface area contributed by atoms with Crippen LogP contribution in [0.3, 0.4) is 0 Å². The maximum Gasteiger partial charge on any atom is 0.305 e. The van der Waals surface area contributed by atoms with Crippen molar-refractivity contribution in [3.8, 4) is 5.75 Å². The van der Waals surface area contributed by atoms with Crippen LogP contribution in [0.2, 0.25) is 0 Å². The van der Waals surface area contributed by atoms with Gasteiger partial charge in [-0.2, -0.15) is 0 Å². The second-order valence-electron chi connectivity index (χ2n) is 3.07. The van der Waals surface area contributed by atoms with Crippen LogP contribution in [0.15, 0.2) is 30.3 Å². The molecule has 0 saturated heterocycles. The van der Waals surface area contributed by atoms with E-state index in [0.29, 0.717) is 26.1 Å². The second kappa shape index (κ2) is 6.87. The molecule has 0 radical (unpaired) electrons. The first-order valence-corrected chi connectivity index (χ1v) is 5.16. The molecule has 0 aromatic heterocycles. The minimum atomic E-state index is -0.158. The van der Waals surface area contributed by atoms with E-state index in [9.17, 15) is 4.79 Å². The summed E-state index contributed by atoms with van der Waals surface area (Å²) < 4.78 is 10.2. The number of benzene rings is 1. The molecule has 15 heavy (non-hydrogen) atoms. The molecule has 0 aliphatic heterocycles. The highest BCUT2D eigenvalue weighted by Crippen LogP contribution is 2.08. The summed E-state index contributed by atoms with van der Waals surface area (Å²) in [4.78, 5) is 11.0. The molecule has 82 valence electrons. The van der Waals surface area contributed by atoms with Gasteiger partial charge in [0, 0.05) is 6.42 Å². The van der Waals surface area contributed by atoms with Gasteiger partial charge in [0.1, 0.15) is 5.75 Å². The number of carbonyl (C=O) groups is 1. The Labute approximate surface area is 90.0 Å². The zero-order valence-electron chi connectivity index (χ0n) is 8.94. The quantitative estimate of drug-likeness (QED) is 0.532. The molecular formula is C12H16O3. The van der Waals surface area contributed by atoms with Gasteiger partial charge in [0.2, 0.25) is 0 Å². The van der Waals surface area contributed by atoms with Crippen LogP contribution in [0, 0.1) is 0 Å². The highest BCUT2D eigenvalue weighted by Gasteiger charge is 2.00. The Balaban J connectivity index is 2.10. The van der Waals surface area contributed by atoms with Crippen LogP contribution in [0.5, 0.6) is 5.75 Å². The van der Waals surface area contributed by atoms with Gasteiger partial charge in [-0.05, 0) is 25.5 Å². The molecule has 0 saturated carbocycles. The van der Waals surface area contributed by atoms with Crippen LogP contribution < -0.4 is 4.74 Å². The number of carbonyl (C=O) groups excluding carboxylic acids is 1. The molecule has 0 amide bonds. The van der Waals surface area contributed by atoms with E-state index < -0.39 is 0 Å². The Bertz CT molecular complexity index is 282. The summed E-state index contributed by atoms with van der Waals surface area (Å²) in [7, 11) is 0. The molecule has 0 N–H and O–H groups in total. The van der Waals surface area contributed by atoms with Crippen LogP contribution in [0.1, 0.15) is 19.8 Å². The van der Waals surface area contributed by atoms with E-state index in [1.54, 1.807) is 6.92 Å². The lowest BCUT2D eigenvalue weighted by molar-refractivity contribution is -0.143. The van der Waals surface area contributed by atoms with E-state index >= 15 is 0 Å². The number of ether oxygens (including phenoxy) is 2. The van der Waals surface area contributed by atoms with Gasteiger partial charge in [-0.1, -0.05) is 18.2 Å². The van der Waals surface area contributed by atoms with Gasteiger partial charge in [0.05, 0.1) is 13.2 Å². The average molecular weight is 208 g/mol. The first-order valence-electron chi connectivity index (χ1n) is 5.16. The van der Waals surface area contributed by atoms with Gasteiger partial charge in [0.25, 0.3) is 0 Å². The molecule has 0 bridgehead atoms. The molecule has 0 fully saturated rings. The average Bonchev–Trinajstić information content (AvgIpc) is 2.26. The molecule has 0 aliphatic rings. The molecule has 1 aromatic rings. The van der Waals surface area contributed by atoms with Crippen molar-refractivity contribution in [3.63, 3.8) is 0 Å². The number of para-hydroxylation sites is 1. The van der Waals surface area contributed by atoms with Crippen molar-refractivity contribution < 1.29 is 14.3 Å². The zero-order chi connectivity index (χ0) is 10.9. The summed E-state index contributed by atoms with van der Waals surface area (Å²) in [6.07, 6.45) is 1.11. The number of hydrogen-bond acceptors (Lipinski definition) is 3. The summed E-state index contributed by atoms with van der Waals surface area (Å²) >= 11 is 0. The molecule has 0 atom stereocenters. The monoisotopic (exact) mass is 208 g/mol. The molecule has 1 rings (SSSR count). The molecule has 1 aromatic carbocycles. The SMILES string of the molecule is CCOC(=O)CCCOc1ccccc1. The normalized spacial score (nSPS) is 9.67. The minimum absolute atomic E-state index is 0.158. The largest absolute Gasteiger partial charge is 0.494 e. The fourth-order valence-electron chi connectivity index (χ4n) is 1.16. The lowest BCUT2D eigenvalue weighted by atomic mass is 10.3. The summed E-state index contributed by atoms with van der Waals surface area (Å²) in [6.45, 7) is 2.79. The van der Waals surface area contributed by atoms with Crippen molar-refractivity contribution >= 4 is 5.97 Å². The summed E-state index contributed by atoms with van der Waals surface area (Å²) in [5, 5.41) is 0. The van der Waals surface area contributed by atoms with Crippen LogP contribution in [0.4, 0.5) is 0 Å². The van der Waals surface area contributed by atoms with Gasteiger partial charge < -0.3 is 9.47 Å². The topological polar surface area (TPSA) is 35.5 Å². The third-order valence-corrected chi connectivity index (χ3v) is 1.84. The lowest BCUT2D eigenvalue weighted by Crippen LogP contribution is -2.06. The van der Waals surface area contributed by atoms with Gasteiger partial charge in [-0.15, -0.1) is 0 Å². The lowest BCUT2D eigenvalue weighted by Gasteiger charge is -2.05. The Kier molecular flexibility index (Phi) is 5.30. The molecule has 3 heteroatoms. The Morgan fingerprint density at radius 1 is 1.27 bits per heavy atom. The Morgan fingerprint density at radius 2 is 2.00 bits per heavy atom. The van der Waals surface area contributed by atoms with Crippen LogP contribution >= 0.6 is 0 Å². The van der Waals surface area contributed by atoms with Gasteiger partial charge in [-0.3, -0.25) is 4.79 Å². The highest BCUT2D eigenvalue weighted by atomic mass is 16.5. The third kappa shape index (κ3) is 5.05. The van der Waals surface area contributed by atoms with Gasteiger partial charge in [-0.25, -0.2) is 0 Å². The predicted octanol–water partition coefficient (Wildman–Crippen LogP) is 2.41. The fraction of sp³-hybridized carbons (Fsp3) is 0.417. The molecular weight excluding hydrogens is 192 g/mol. The number of rotatable bonds is 6. The molecule has 0 heterocycles. The first-order chi connectivity index (χ1) is 7.33. The highest BCUT2D eigenvalue weighted by molar-refractivity contribution is 5.69. The van der Waals surface area contributed by atoms with E-state index in [-0.39, 0.29) is 5.97 Å². The standard InChI is InChI=1S/C12H16O3/c1-2-14-12(13)9-6-10-15-11-7-4-3-5-8-11/h3-5,7-8H,2,6,9-10H2,1H3. The zero-order valence-corrected chi connectivity index (χ0v) is 8.94. The molecule has 0 aliphatic carbocycles. The van der Waals surface area contributed by atoms with Gasteiger partial charge in [0.15, 0.2) is 0 Å². The predicted molar refractivity (Wildman–Crippen MR) is 57.8 cm³/mol. The molecule has 0 spiro atoms. The van der Waals surface area contributed by atoms with Crippen LogP contribution in [-0.2, 0) is 9.53 Å². The van der Waals surface area contributed by atoms with E-state index in [0.717, 1.165) is 5.75 Å². The maximum absolute atomic E-state index is 11.0. The second-order valence-corrected chi connectivity index (χ2v) is 3.07. The Hall–Kier alpha value is -1.51. The third-order valence-electron chi connectivity index (χ3n) is 1.84. The van der Waals surface area contributed by atoms with Crippen molar-refractivity contribution in [1.82, 2.24) is 0 Å². The summed E-state index contributed by atoms with van der Waals surface area (Å²) in [6, 6.07) is 9.56. The molecule has 3 nitrogen and oxygen atoms in total. The van der Waals surface area contributed by atoms with Crippen molar-refractivity contribution in [2.24, 2.45) is 0 Å². The smallest absolute Gasteiger partial charge is 0.305 e. The summed E-state index contributed by atoms with van der Waals surface area (Å²) in [5.74, 6) is 0.676. The minimum Gasteiger partial charge on any atom is -0.494 e.